The van der Waals surface area contributed by atoms with Gasteiger partial charge in [0.15, 0.2) is 0 Å². The van der Waals surface area contributed by atoms with Crippen molar-refractivity contribution >= 4 is 11.4 Å². The molecule has 4 aromatic carbocycles. The molecule has 32 heavy (non-hydrogen) atoms. The van der Waals surface area contributed by atoms with Crippen molar-refractivity contribution in [2.24, 2.45) is 0 Å². The molecule has 1 nitrogen and oxygen atoms in total. The minimum atomic E-state index is 0.00579. The van der Waals surface area contributed by atoms with E-state index in [1.54, 1.807) is 0 Å². The lowest BCUT2D eigenvalue weighted by atomic mass is 9.80. The molecule has 0 heterocycles. The highest BCUT2D eigenvalue weighted by atomic mass is 15.2. The summed E-state index contributed by atoms with van der Waals surface area (Å²) in [6, 6.07) is 33.5. The van der Waals surface area contributed by atoms with E-state index in [2.05, 4.69) is 131 Å². The SMILES string of the molecule is Cc1c(N(c2ccc(-c3ccccc3)cc2)C(C)C)ccc2c1C(C)(C)c1ccccc1-2. The van der Waals surface area contributed by atoms with E-state index in [0.29, 0.717) is 6.04 Å². The molecule has 1 aliphatic carbocycles. The van der Waals surface area contributed by atoms with Crippen molar-refractivity contribution in [2.45, 2.75) is 46.1 Å². The van der Waals surface area contributed by atoms with Crippen LogP contribution < -0.4 is 4.90 Å². The van der Waals surface area contributed by atoms with Crippen LogP contribution in [0, 0.1) is 6.92 Å². The molecule has 0 atom stereocenters. The van der Waals surface area contributed by atoms with Crippen LogP contribution in [-0.4, -0.2) is 6.04 Å². The molecule has 0 saturated heterocycles. The van der Waals surface area contributed by atoms with Crippen molar-refractivity contribution in [3.63, 3.8) is 0 Å². The molecule has 0 aromatic heterocycles. The first-order valence-electron chi connectivity index (χ1n) is 11.6. The van der Waals surface area contributed by atoms with Gasteiger partial charge in [0.2, 0.25) is 0 Å². The Balaban J connectivity index is 1.60. The lowest BCUT2D eigenvalue weighted by Crippen LogP contribution is -2.27. The summed E-state index contributed by atoms with van der Waals surface area (Å²) < 4.78 is 0. The summed E-state index contributed by atoms with van der Waals surface area (Å²) in [4.78, 5) is 2.48. The predicted octanol–water partition coefficient (Wildman–Crippen LogP) is 8.51. The molecule has 1 aliphatic rings. The molecule has 0 aliphatic heterocycles. The lowest BCUT2D eigenvalue weighted by molar-refractivity contribution is 0.654. The first kappa shape index (κ1) is 20.6. The van der Waals surface area contributed by atoms with Crippen LogP contribution in [0.15, 0.2) is 91.0 Å². The fraction of sp³-hybridized carbons (Fsp3) is 0.226. The number of fused-ring (bicyclic) bond motifs is 3. The van der Waals surface area contributed by atoms with Gasteiger partial charge in [0, 0.05) is 22.8 Å². The maximum Gasteiger partial charge on any atom is 0.0446 e. The number of anilines is 2. The van der Waals surface area contributed by atoms with Crippen LogP contribution in [0.4, 0.5) is 11.4 Å². The van der Waals surface area contributed by atoms with Gasteiger partial charge in [0.05, 0.1) is 0 Å². The number of nitrogens with zero attached hydrogens (tertiary/aromatic N) is 1. The minimum absolute atomic E-state index is 0.00579. The summed E-state index contributed by atoms with van der Waals surface area (Å²) in [6.45, 7) is 11.6. The van der Waals surface area contributed by atoms with Gasteiger partial charge in [-0.1, -0.05) is 86.6 Å². The Morgan fingerprint density at radius 3 is 1.97 bits per heavy atom. The van der Waals surface area contributed by atoms with E-state index in [1.807, 2.05) is 0 Å². The number of rotatable bonds is 4. The first-order chi connectivity index (χ1) is 15.4. The number of hydrogen-bond donors (Lipinski definition) is 0. The second kappa shape index (κ2) is 7.67. The predicted molar refractivity (Wildman–Crippen MR) is 138 cm³/mol. The van der Waals surface area contributed by atoms with E-state index in [-0.39, 0.29) is 5.41 Å². The average Bonchev–Trinajstić information content (AvgIpc) is 3.04. The molecule has 0 saturated carbocycles. The van der Waals surface area contributed by atoms with Gasteiger partial charge in [-0.3, -0.25) is 0 Å². The molecule has 0 unspecified atom stereocenters. The third-order valence-electron chi connectivity index (χ3n) is 6.98. The van der Waals surface area contributed by atoms with Gasteiger partial charge in [0.25, 0.3) is 0 Å². The summed E-state index contributed by atoms with van der Waals surface area (Å²) in [5.74, 6) is 0. The fourth-order valence-corrected chi connectivity index (χ4v) is 5.55. The van der Waals surface area contributed by atoms with Crippen LogP contribution in [0.1, 0.15) is 44.4 Å². The van der Waals surface area contributed by atoms with Crippen LogP contribution in [0.2, 0.25) is 0 Å². The molecule has 0 radical (unpaired) electrons. The minimum Gasteiger partial charge on any atom is -0.339 e. The van der Waals surface area contributed by atoms with E-state index < -0.39 is 0 Å². The second-order valence-corrected chi connectivity index (χ2v) is 9.68. The summed E-state index contributed by atoms with van der Waals surface area (Å²) in [6.07, 6.45) is 0. The van der Waals surface area contributed by atoms with Crippen molar-refractivity contribution in [3.05, 3.63) is 108 Å². The number of hydrogen-bond acceptors (Lipinski definition) is 1. The van der Waals surface area contributed by atoms with Crippen molar-refractivity contribution in [3.8, 4) is 22.3 Å². The maximum absolute atomic E-state index is 2.48. The molecular weight excluding hydrogens is 386 g/mol. The van der Waals surface area contributed by atoms with Gasteiger partial charge in [-0.2, -0.15) is 0 Å². The van der Waals surface area contributed by atoms with Crippen molar-refractivity contribution in [1.82, 2.24) is 0 Å². The van der Waals surface area contributed by atoms with Gasteiger partial charge in [-0.05, 0) is 77.9 Å². The maximum atomic E-state index is 2.48. The first-order valence-corrected chi connectivity index (χ1v) is 11.6. The summed E-state index contributed by atoms with van der Waals surface area (Å²) in [7, 11) is 0. The quantitative estimate of drug-likeness (QED) is 0.322. The van der Waals surface area contributed by atoms with Crippen LogP contribution in [0.3, 0.4) is 0 Å². The molecule has 1 heteroatoms. The Kier molecular flexibility index (Phi) is 4.93. The molecule has 0 fully saturated rings. The molecule has 160 valence electrons. The highest BCUT2D eigenvalue weighted by Crippen LogP contribution is 2.52. The number of benzene rings is 4. The largest absolute Gasteiger partial charge is 0.339 e. The van der Waals surface area contributed by atoms with E-state index in [4.69, 9.17) is 0 Å². The fourth-order valence-electron chi connectivity index (χ4n) is 5.55. The van der Waals surface area contributed by atoms with E-state index in [9.17, 15) is 0 Å². The smallest absolute Gasteiger partial charge is 0.0446 e. The average molecular weight is 418 g/mol. The van der Waals surface area contributed by atoms with Crippen molar-refractivity contribution < 1.29 is 0 Å². The third-order valence-corrected chi connectivity index (χ3v) is 6.98. The van der Waals surface area contributed by atoms with Gasteiger partial charge in [-0.25, -0.2) is 0 Å². The molecule has 4 aromatic rings. The molecule has 5 rings (SSSR count). The van der Waals surface area contributed by atoms with E-state index in [1.165, 1.54) is 50.3 Å². The Labute approximate surface area is 192 Å². The monoisotopic (exact) mass is 417 g/mol. The van der Waals surface area contributed by atoms with Gasteiger partial charge in [0.1, 0.15) is 0 Å². The standard InChI is InChI=1S/C31H31N/c1-21(2)32(25-17-15-24(16-18-25)23-11-7-6-8-12-23)29-20-19-27-26-13-9-10-14-28(26)31(4,5)30(27)22(29)3/h6-21H,1-5H3. The molecule has 0 spiro atoms. The normalized spacial score (nSPS) is 13.7. The van der Waals surface area contributed by atoms with Crippen LogP contribution in [0.5, 0.6) is 0 Å². The third kappa shape index (κ3) is 3.15. The zero-order chi connectivity index (χ0) is 22.5. The van der Waals surface area contributed by atoms with Crippen molar-refractivity contribution in [1.29, 1.82) is 0 Å². The van der Waals surface area contributed by atoms with Crippen LogP contribution in [-0.2, 0) is 5.41 Å². The second-order valence-electron chi connectivity index (χ2n) is 9.68. The molecule has 0 amide bonds. The van der Waals surface area contributed by atoms with Gasteiger partial charge < -0.3 is 4.90 Å². The lowest BCUT2D eigenvalue weighted by Gasteiger charge is -2.33. The van der Waals surface area contributed by atoms with Gasteiger partial charge >= 0.3 is 0 Å². The van der Waals surface area contributed by atoms with Crippen LogP contribution in [0.25, 0.3) is 22.3 Å². The summed E-state index contributed by atoms with van der Waals surface area (Å²) >= 11 is 0. The summed E-state index contributed by atoms with van der Waals surface area (Å²) in [5, 5.41) is 0. The molecule has 0 N–H and O–H groups in total. The van der Waals surface area contributed by atoms with E-state index >= 15 is 0 Å². The zero-order valence-corrected chi connectivity index (χ0v) is 19.7. The highest BCUT2D eigenvalue weighted by molar-refractivity contribution is 5.85. The summed E-state index contributed by atoms with van der Waals surface area (Å²) in [5.41, 5.74) is 12.1. The molecule has 0 bridgehead atoms. The van der Waals surface area contributed by atoms with Crippen LogP contribution >= 0.6 is 0 Å². The Hall–Kier alpha value is -3.32. The topological polar surface area (TPSA) is 3.24 Å². The van der Waals surface area contributed by atoms with Crippen molar-refractivity contribution in [2.75, 3.05) is 4.90 Å². The Morgan fingerprint density at radius 2 is 1.28 bits per heavy atom. The zero-order valence-electron chi connectivity index (χ0n) is 19.7. The Bertz CT molecular complexity index is 1260. The highest BCUT2D eigenvalue weighted by Gasteiger charge is 2.37. The van der Waals surface area contributed by atoms with Gasteiger partial charge in [-0.15, -0.1) is 0 Å². The molecular formula is C31H31N. The Morgan fingerprint density at radius 1 is 0.656 bits per heavy atom. The van der Waals surface area contributed by atoms with E-state index in [0.717, 1.165) is 0 Å².